The lowest BCUT2D eigenvalue weighted by Crippen LogP contribution is -2.26. The summed E-state index contributed by atoms with van der Waals surface area (Å²) in [6, 6.07) is 2.56. The molecule has 134 valence electrons. The number of anilines is 1. The molecule has 0 spiro atoms. The molecule has 1 aliphatic heterocycles. The van der Waals surface area contributed by atoms with Gasteiger partial charge in [0.05, 0.1) is 18.4 Å². The Morgan fingerprint density at radius 1 is 1.23 bits per heavy atom. The van der Waals surface area contributed by atoms with Gasteiger partial charge in [0.2, 0.25) is 0 Å². The molecule has 0 radical (unpaired) electrons. The molecule has 1 atom stereocenters. The van der Waals surface area contributed by atoms with Crippen molar-refractivity contribution >= 4 is 17.4 Å². The molecule has 9 heteroatoms. The lowest BCUT2D eigenvalue weighted by atomic mass is 10.0. The fourth-order valence-electron chi connectivity index (χ4n) is 3.35. The van der Waals surface area contributed by atoms with Gasteiger partial charge in [-0.25, -0.2) is 27.5 Å². The van der Waals surface area contributed by atoms with Crippen LogP contribution in [0.5, 0.6) is 0 Å². The van der Waals surface area contributed by atoms with Crippen molar-refractivity contribution in [1.29, 1.82) is 0 Å². The topological polar surface area (TPSA) is 70.7 Å². The monoisotopic (exact) mass is 362 g/mol. The van der Waals surface area contributed by atoms with Crippen molar-refractivity contribution in [3.8, 4) is 0 Å². The van der Waals surface area contributed by atoms with Gasteiger partial charge in [-0.3, -0.25) is 0 Å². The van der Waals surface area contributed by atoms with E-state index < -0.39 is 29.5 Å². The molecule has 0 aliphatic carbocycles. The first-order valence-electron chi connectivity index (χ1n) is 7.94. The maximum atomic E-state index is 14.6. The van der Waals surface area contributed by atoms with Gasteiger partial charge in [-0.1, -0.05) is 0 Å². The molecule has 2 aromatic heterocycles. The van der Waals surface area contributed by atoms with Gasteiger partial charge < -0.3 is 10.0 Å². The Bertz CT molecular complexity index is 1020. The number of fused-ring (bicyclic) bond motifs is 1. The zero-order valence-corrected chi connectivity index (χ0v) is 13.4. The van der Waals surface area contributed by atoms with E-state index in [4.69, 9.17) is 0 Å². The van der Waals surface area contributed by atoms with Crippen molar-refractivity contribution in [3.05, 3.63) is 59.2 Å². The molecule has 3 heterocycles. The minimum absolute atomic E-state index is 0.0146. The SMILES string of the molecule is O=C(O)c1cnn2cc(F)c(N3CCC[C@@H]3c3cc(F)ccc3F)nc12. The highest BCUT2D eigenvalue weighted by atomic mass is 19.1. The molecular formula is C17H13F3N4O2. The van der Waals surface area contributed by atoms with Crippen LogP contribution < -0.4 is 4.90 Å². The Hall–Kier alpha value is -3.10. The number of carboxylic acids is 1. The van der Waals surface area contributed by atoms with E-state index in [1.165, 1.54) is 4.90 Å². The van der Waals surface area contributed by atoms with Crippen LogP contribution in [0.1, 0.15) is 34.8 Å². The first kappa shape index (κ1) is 16.4. The van der Waals surface area contributed by atoms with E-state index in [9.17, 15) is 23.1 Å². The second kappa shape index (κ2) is 6.01. The summed E-state index contributed by atoms with van der Waals surface area (Å²) in [7, 11) is 0. The molecule has 1 saturated heterocycles. The largest absolute Gasteiger partial charge is 0.477 e. The smallest absolute Gasteiger partial charge is 0.341 e. The Kier molecular flexibility index (Phi) is 3.78. The van der Waals surface area contributed by atoms with E-state index in [1.54, 1.807) is 0 Å². The van der Waals surface area contributed by atoms with E-state index in [-0.39, 0.29) is 22.6 Å². The molecule has 0 amide bonds. The first-order chi connectivity index (χ1) is 12.5. The molecule has 0 bridgehead atoms. The second-order valence-corrected chi connectivity index (χ2v) is 6.06. The summed E-state index contributed by atoms with van der Waals surface area (Å²) in [4.78, 5) is 16.9. The molecule has 1 aromatic carbocycles. The number of carbonyl (C=O) groups is 1. The van der Waals surface area contributed by atoms with E-state index in [0.29, 0.717) is 19.4 Å². The van der Waals surface area contributed by atoms with Gasteiger partial charge in [0.25, 0.3) is 0 Å². The number of hydrogen-bond acceptors (Lipinski definition) is 4. The highest BCUT2D eigenvalue weighted by molar-refractivity contribution is 5.94. The van der Waals surface area contributed by atoms with Gasteiger partial charge in [0.15, 0.2) is 17.3 Å². The molecule has 3 aromatic rings. The lowest BCUT2D eigenvalue weighted by molar-refractivity contribution is 0.0698. The van der Waals surface area contributed by atoms with Crippen LogP contribution in [0.25, 0.3) is 5.65 Å². The van der Waals surface area contributed by atoms with Crippen LogP contribution in [0, 0.1) is 17.5 Å². The van der Waals surface area contributed by atoms with Crippen molar-refractivity contribution in [2.45, 2.75) is 18.9 Å². The molecule has 1 fully saturated rings. The van der Waals surface area contributed by atoms with Crippen molar-refractivity contribution in [1.82, 2.24) is 14.6 Å². The third kappa shape index (κ3) is 2.56. The highest BCUT2D eigenvalue weighted by Gasteiger charge is 2.32. The molecule has 1 N–H and O–H groups in total. The molecule has 0 unspecified atom stereocenters. The Labute approximate surface area is 145 Å². The van der Waals surface area contributed by atoms with Crippen LogP contribution in [0.3, 0.4) is 0 Å². The first-order valence-corrected chi connectivity index (χ1v) is 7.94. The van der Waals surface area contributed by atoms with Gasteiger partial charge in [-0.2, -0.15) is 5.10 Å². The summed E-state index contributed by atoms with van der Waals surface area (Å²) in [5, 5.41) is 13.0. The van der Waals surface area contributed by atoms with Crippen molar-refractivity contribution in [3.63, 3.8) is 0 Å². The number of halogens is 3. The standard InChI is InChI=1S/C17H13F3N4O2/c18-9-3-4-12(19)10(6-9)14-2-1-5-23(14)16-13(20)8-24-15(22-16)11(7-21-24)17(25)26/h3-4,6-8,14H,1-2,5H2,(H,25,26)/t14-/m1/s1. The van der Waals surface area contributed by atoms with Gasteiger partial charge in [-0.15, -0.1) is 0 Å². The number of benzene rings is 1. The summed E-state index contributed by atoms with van der Waals surface area (Å²) in [6.07, 6.45) is 3.25. The fourth-order valence-corrected chi connectivity index (χ4v) is 3.35. The van der Waals surface area contributed by atoms with E-state index in [0.717, 1.165) is 35.1 Å². The number of carboxylic acid groups (broad SMARTS) is 1. The average Bonchev–Trinajstić information content (AvgIpc) is 3.22. The number of rotatable bonds is 3. The Morgan fingerprint density at radius 3 is 2.81 bits per heavy atom. The van der Waals surface area contributed by atoms with E-state index >= 15 is 0 Å². The van der Waals surface area contributed by atoms with Gasteiger partial charge in [0.1, 0.15) is 17.2 Å². The minimum Gasteiger partial charge on any atom is -0.477 e. The summed E-state index contributed by atoms with van der Waals surface area (Å²) in [5.41, 5.74) is -0.0614. The van der Waals surface area contributed by atoms with Crippen LogP contribution in [0.15, 0.2) is 30.6 Å². The van der Waals surface area contributed by atoms with Crippen LogP contribution in [-0.2, 0) is 0 Å². The number of nitrogens with zero attached hydrogens (tertiary/aromatic N) is 4. The van der Waals surface area contributed by atoms with Crippen LogP contribution in [0.4, 0.5) is 19.0 Å². The van der Waals surface area contributed by atoms with Crippen LogP contribution in [0.2, 0.25) is 0 Å². The fraction of sp³-hybridized carbons (Fsp3) is 0.235. The lowest BCUT2D eigenvalue weighted by Gasteiger charge is -2.26. The van der Waals surface area contributed by atoms with Crippen molar-refractivity contribution in [2.24, 2.45) is 0 Å². The van der Waals surface area contributed by atoms with E-state index in [2.05, 4.69) is 10.1 Å². The predicted molar refractivity (Wildman–Crippen MR) is 85.6 cm³/mol. The minimum atomic E-state index is -1.24. The third-order valence-electron chi connectivity index (χ3n) is 4.50. The van der Waals surface area contributed by atoms with Gasteiger partial charge in [0, 0.05) is 12.1 Å². The van der Waals surface area contributed by atoms with E-state index in [1.807, 2.05) is 0 Å². The zero-order chi connectivity index (χ0) is 18.4. The number of hydrogen-bond donors (Lipinski definition) is 1. The predicted octanol–water partition coefficient (Wildman–Crippen LogP) is 3.19. The zero-order valence-electron chi connectivity index (χ0n) is 13.4. The second-order valence-electron chi connectivity index (χ2n) is 6.06. The molecular weight excluding hydrogens is 349 g/mol. The van der Waals surface area contributed by atoms with Gasteiger partial charge in [-0.05, 0) is 31.0 Å². The normalized spacial score (nSPS) is 17.2. The summed E-state index contributed by atoms with van der Waals surface area (Å²) < 4.78 is 43.4. The third-order valence-corrected chi connectivity index (χ3v) is 4.50. The highest BCUT2D eigenvalue weighted by Crippen LogP contribution is 2.37. The number of aromatic nitrogens is 3. The maximum absolute atomic E-state index is 14.6. The number of aromatic carboxylic acids is 1. The Morgan fingerprint density at radius 2 is 2.04 bits per heavy atom. The summed E-state index contributed by atoms with van der Waals surface area (Å²) in [5.74, 6) is -3.23. The average molecular weight is 362 g/mol. The summed E-state index contributed by atoms with van der Waals surface area (Å²) >= 11 is 0. The summed E-state index contributed by atoms with van der Waals surface area (Å²) in [6.45, 7) is 0.386. The maximum Gasteiger partial charge on any atom is 0.341 e. The van der Waals surface area contributed by atoms with Crippen LogP contribution in [-0.4, -0.2) is 32.2 Å². The molecule has 1 aliphatic rings. The Balaban J connectivity index is 1.83. The molecule has 4 rings (SSSR count). The van der Waals surface area contributed by atoms with Crippen molar-refractivity contribution in [2.75, 3.05) is 11.4 Å². The van der Waals surface area contributed by atoms with Crippen molar-refractivity contribution < 1.29 is 23.1 Å². The molecule has 26 heavy (non-hydrogen) atoms. The quantitative estimate of drug-likeness (QED) is 0.775. The van der Waals surface area contributed by atoms with Crippen LogP contribution >= 0.6 is 0 Å². The van der Waals surface area contributed by atoms with Gasteiger partial charge >= 0.3 is 5.97 Å². The molecule has 0 saturated carbocycles. The molecule has 6 nitrogen and oxygen atoms in total.